The quantitative estimate of drug-likeness (QED) is 0.288. The van der Waals surface area contributed by atoms with E-state index in [9.17, 15) is 0 Å². The SMILES string of the molecule is C=C(C/C=C/CCCCCCC)CCOCc1ccc(OC)cc1. The van der Waals surface area contributed by atoms with E-state index in [1.165, 1.54) is 49.7 Å². The first-order valence-electron chi connectivity index (χ1n) is 9.28. The van der Waals surface area contributed by atoms with Crippen molar-refractivity contribution in [1.82, 2.24) is 0 Å². The summed E-state index contributed by atoms with van der Waals surface area (Å²) in [6.45, 7) is 7.76. The van der Waals surface area contributed by atoms with Crippen molar-refractivity contribution in [1.29, 1.82) is 0 Å². The molecule has 0 radical (unpaired) electrons. The first kappa shape index (κ1) is 20.5. The summed E-state index contributed by atoms with van der Waals surface area (Å²) in [6.07, 6.45) is 14.4. The van der Waals surface area contributed by atoms with Crippen molar-refractivity contribution < 1.29 is 9.47 Å². The van der Waals surface area contributed by atoms with Crippen LogP contribution in [0.1, 0.15) is 63.9 Å². The van der Waals surface area contributed by atoms with Crippen LogP contribution in [0.2, 0.25) is 0 Å². The molecule has 0 aromatic heterocycles. The van der Waals surface area contributed by atoms with E-state index in [2.05, 4.69) is 25.7 Å². The average Bonchev–Trinajstić information content (AvgIpc) is 2.61. The van der Waals surface area contributed by atoms with Crippen molar-refractivity contribution in [2.24, 2.45) is 0 Å². The second-order valence-electron chi connectivity index (χ2n) is 6.28. The third-order valence-corrected chi connectivity index (χ3v) is 4.08. The maximum Gasteiger partial charge on any atom is 0.118 e. The van der Waals surface area contributed by atoms with E-state index in [0.29, 0.717) is 6.61 Å². The van der Waals surface area contributed by atoms with Crippen LogP contribution in [0.15, 0.2) is 48.6 Å². The van der Waals surface area contributed by atoms with Gasteiger partial charge in [-0.2, -0.15) is 0 Å². The van der Waals surface area contributed by atoms with Crippen LogP contribution in [0.3, 0.4) is 0 Å². The predicted octanol–water partition coefficient (Wildman–Crippen LogP) is 6.46. The summed E-state index contributed by atoms with van der Waals surface area (Å²) in [5.74, 6) is 0.879. The molecule has 2 heteroatoms. The van der Waals surface area contributed by atoms with E-state index in [4.69, 9.17) is 9.47 Å². The molecule has 0 spiro atoms. The normalized spacial score (nSPS) is 11.1. The molecule has 0 bridgehead atoms. The van der Waals surface area contributed by atoms with Crippen LogP contribution < -0.4 is 4.74 Å². The summed E-state index contributed by atoms with van der Waals surface area (Å²) in [4.78, 5) is 0. The average molecular weight is 331 g/mol. The van der Waals surface area contributed by atoms with Crippen LogP contribution in [0.5, 0.6) is 5.75 Å². The summed E-state index contributed by atoms with van der Waals surface area (Å²) in [7, 11) is 1.68. The number of allylic oxidation sites excluding steroid dienone is 2. The zero-order valence-electron chi connectivity index (χ0n) is 15.6. The van der Waals surface area contributed by atoms with Crippen LogP contribution in [-0.4, -0.2) is 13.7 Å². The predicted molar refractivity (Wildman–Crippen MR) is 104 cm³/mol. The molecule has 0 atom stereocenters. The van der Waals surface area contributed by atoms with Crippen molar-refractivity contribution in [3.8, 4) is 5.75 Å². The van der Waals surface area contributed by atoms with Crippen LogP contribution in [-0.2, 0) is 11.3 Å². The van der Waals surface area contributed by atoms with E-state index in [0.717, 1.165) is 25.2 Å². The van der Waals surface area contributed by atoms with E-state index < -0.39 is 0 Å². The molecule has 24 heavy (non-hydrogen) atoms. The molecule has 2 nitrogen and oxygen atoms in total. The second-order valence-corrected chi connectivity index (χ2v) is 6.28. The van der Waals surface area contributed by atoms with E-state index in [1.807, 2.05) is 24.3 Å². The molecule has 0 saturated carbocycles. The Bertz CT molecular complexity index is 459. The Balaban J connectivity index is 2.01. The van der Waals surface area contributed by atoms with Gasteiger partial charge < -0.3 is 9.47 Å². The number of rotatable bonds is 14. The van der Waals surface area contributed by atoms with Crippen molar-refractivity contribution in [3.05, 3.63) is 54.1 Å². The van der Waals surface area contributed by atoms with Gasteiger partial charge in [0.25, 0.3) is 0 Å². The minimum absolute atomic E-state index is 0.644. The molecule has 0 N–H and O–H groups in total. The van der Waals surface area contributed by atoms with Gasteiger partial charge in [-0.1, -0.05) is 69.0 Å². The number of ether oxygens (including phenoxy) is 2. The maximum atomic E-state index is 5.72. The van der Waals surface area contributed by atoms with Gasteiger partial charge in [0.15, 0.2) is 0 Å². The fraction of sp³-hybridized carbons (Fsp3) is 0.545. The summed E-state index contributed by atoms with van der Waals surface area (Å²) < 4.78 is 10.9. The third-order valence-electron chi connectivity index (χ3n) is 4.08. The van der Waals surface area contributed by atoms with Crippen molar-refractivity contribution in [2.45, 2.75) is 64.9 Å². The molecule has 0 fully saturated rings. The molecular formula is C22H34O2. The lowest BCUT2D eigenvalue weighted by Crippen LogP contribution is -1.97. The molecule has 0 amide bonds. The van der Waals surface area contributed by atoms with Gasteiger partial charge in [0, 0.05) is 0 Å². The molecule has 134 valence electrons. The summed E-state index contributed by atoms with van der Waals surface area (Å²) in [6, 6.07) is 8.00. The highest BCUT2D eigenvalue weighted by Gasteiger charge is 1.97. The largest absolute Gasteiger partial charge is 0.497 e. The molecule has 1 aromatic carbocycles. The van der Waals surface area contributed by atoms with Crippen molar-refractivity contribution >= 4 is 0 Å². The van der Waals surface area contributed by atoms with E-state index >= 15 is 0 Å². The summed E-state index contributed by atoms with van der Waals surface area (Å²) in [5, 5.41) is 0. The summed E-state index contributed by atoms with van der Waals surface area (Å²) >= 11 is 0. The zero-order valence-corrected chi connectivity index (χ0v) is 15.6. The van der Waals surface area contributed by atoms with Gasteiger partial charge in [0.2, 0.25) is 0 Å². The van der Waals surface area contributed by atoms with Gasteiger partial charge in [0.1, 0.15) is 5.75 Å². The second kappa shape index (κ2) is 13.9. The fourth-order valence-corrected chi connectivity index (χ4v) is 2.46. The lowest BCUT2D eigenvalue weighted by molar-refractivity contribution is 0.123. The number of hydrogen-bond donors (Lipinski definition) is 0. The van der Waals surface area contributed by atoms with Crippen LogP contribution >= 0.6 is 0 Å². The number of unbranched alkanes of at least 4 members (excludes halogenated alkanes) is 5. The molecule has 0 aliphatic rings. The Morgan fingerprint density at radius 1 is 1.04 bits per heavy atom. The van der Waals surface area contributed by atoms with Gasteiger partial charge in [-0.05, 0) is 43.4 Å². The Labute approximate surface area is 148 Å². The minimum atomic E-state index is 0.644. The molecule has 1 aromatic rings. The molecule has 0 unspecified atom stereocenters. The lowest BCUT2D eigenvalue weighted by atomic mass is 10.1. The van der Waals surface area contributed by atoms with Crippen LogP contribution in [0.4, 0.5) is 0 Å². The van der Waals surface area contributed by atoms with Crippen molar-refractivity contribution in [2.75, 3.05) is 13.7 Å². The highest BCUT2D eigenvalue weighted by atomic mass is 16.5. The number of hydrogen-bond acceptors (Lipinski definition) is 2. The number of benzene rings is 1. The van der Waals surface area contributed by atoms with Crippen molar-refractivity contribution in [3.63, 3.8) is 0 Å². The molecule has 0 saturated heterocycles. The monoisotopic (exact) mass is 330 g/mol. The van der Waals surface area contributed by atoms with Crippen LogP contribution in [0, 0.1) is 0 Å². The van der Waals surface area contributed by atoms with Gasteiger partial charge in [-0.25, -0.2) is 0 Å². The van der Waals surface area contributed by atoms with E-state index in [1.54, 1.807) is 7.11 Å². The highest BCUT2D eigenvalue weighted by molar-refractivity contribution is 5.26. The topological polar surface area (TPSA) is 18.5 Å². The molecule has 0 heterocycles. The fourth-order valence-electron chi connectivity index (χ4n) is 2.46. The standard InChI is InChI=1S/C22H34O2/c1-4-5-6-7-8-9-10-11-12-20(2)17-18-24-19-21-13-15-22(23-3)16-14-21/h10-11,13-16H,2,4-9,12,17-19H2,1,3H3/b11-10+. The molecule has 1 rings (SSSR count). The maximum absolute atomic E-state index is 5.72. The van der Waals surface area contributed by atoms with Crippen LogP contribution in [0.25, 0.3) is 0 Å². The highest BCUT2D eigenvalue weighted by Crippen LogP contribution is 2.13. The minimum Gasteiger partial charge on any atom is -0.497 e. The van der Waals surface area contributed by atoms with Gasteiger partial charge in [-0.15, -0.1) is 0 Å². The third kappa shape index (κ3) is 10.3. The molecule has 0 aliphatic heterocycles. The Hall–Kier alpha value is -1.54. The first-order chi connectivity index (χ1) is 11.8. The van der Waals surface area contributed by atoms with Gasteiger partial charge in [0.05, 0.1) is 20.3 Å². The lowest BCUT2D eigenvalue weighted by Gasteiger charge is -2.06. The van der Waals surface area contributed by atoms with Gasteiger partial charge >= 0.3 is 0 Å². The zero-order chi connectivity index (χ0) is 17.5. The van der Waals surface area contributed by atoms with Gasteiger partial charge in [-0.3, -0.25) is 0 Å². The molecule has 0 aliphatic carbocycles. The Kier molecular flexibility index (Phi) is 11.8. The smallest absolute Gasteiger partial charge is 0.118 e. The van der Waals surface area contributed by atoms with E-state index in [-0.39, 0.29) is 0 Å². The summed E-state index contributed by atoms with van der Waals surface area (Å²) in [5.41, 5.74) is 2.41. The number of methoxy groups -OCH3 is 1. The first-order valence-corrected chi connectivity index (χ1v) is 9.28. The Morgan fingerprint density at radius 2 is 1.79 bits per heavy atom. The molecular weight excluding hydrogens is 296 g/mol. The Morgan fingerprint density at radius 3 is 2.50 bits per heavy atom.